The van der Waals surface area contributed by atoms with E-state index in [4.69, 9.17) is 0 Å². The van der Waals surface area contributed by atoms with Gasteiger partial charge in [0.1, 0.15) is 0 Å². The fourth-order valence-electron chi connectivity index (χ4n) is 2.52. The number of aromatic nitrogens is 2. The Morgan fingerprint density at radius 2 is 2.09 bits per heavy atom. The number of aromatic amines is 1. The van der Waals surface area contributed by atoms with Crippen molar-refractivity contribution in [1.29, 1.82) is 0 Å². The molecule has 1 aliphatic carbocycles. The molecule has 0 atom stereocenters. The monoisotopic (exact) mass is 325 g/mol. The van der Waals surface area contributed by atoms with Crippen molar-refractivity contribution < 1.29 is 18.0 Å². The Labute approximate surface area is 128 Å². The van der Waals surface area contributed by atoms with Crippen molar-refractivity contribution >= 4 is 22.5 Å². The van der Waals surface area contributed by atoms with Gasteiger partial charge in [0.05, 0.1) is 10.9 Å². The number of nitrogens with one attached hydrogen (secondary N) is 2. The molecule has 1 aliphatic rings. The first-order chi connectivity index (χ1) is 10.8. The number of anilines is 1. The van der Waals surface area contributed by atoms with Crippen LogP contribution in [0.3, 0.4) is 0 Å². The molecule has 1 fully saturated rings. The van der Waals surface area contributed by atoms with Crippen LogP contribution in [-0.2, 0) is 11.0 Å². The summed E-state index contributed by atoms with van der Waals surface area (Å²) in [6, 6.07) is 4.06. The molecule has 1 amide bonds. The minimum Gasteiger partial charge on any atom is -0.326 e. The second kappa shape index (κ2) is 5.68. The first-order valence-corrected chi connectivity index (χ1v) is 7.24. The van der Waals surface area contributed by atoms with Crippen LogP contribution in [0.1, 0.15) is 31.5 Å². The lowest BCUT2D eigenvalue weighted by atomic mass is 9.83. The summed E-state index contributed by atoms with van der Waals surface area (Å²) in [6.45, 7) is 0. The average molecular weight is 325 g/mol. The number of carbonyl (C=O) groups is 1. The Hall–Kier alpha value is -2.38. The number of H-pyrrole nitrogens is 1. The highest BCUT2D eigenvalue weighted by Gasteiger charge is 2.34. The van der Waals surface area contributed by atoms with E-state index in [1.807, 2.05) is 0 Å². The maximum atomic E-state index is 12.6. The number of rotatable bonds is 3. The van der Waals surface area contributed by atoms with Gasteiger partial charge < -0.3 is 10.3 Å². The SMILES string of the molecule is O=C(CC1CCC1)Nc1ccc2nc(C(F)(F)F)[nH]c(=O)c2c1. The molecule has 0 unspecified atom stereocenters. The van der Waals surface area contributed by atoms with E-state index in [0.29, 0.717) is 18.0 Å². The van der Waals surface area contributed by atoms with E-state index in [9.17, 15) is 22.8 Å². The lowest BCUT2D eigenvalue weighted by Gasteiger charge is -2.24. The molecule has 0 spiro atoms. The fourth-order valence-corrected chi connectivity index (χ4v) is 2.52. The van der Waals surface area contributed by atoms with Crippen LogP contribution in [0.15, 0.2) is 23.0 Å². The predicted octanol–water partition coefficient (Wildman–Crippen LogP) is 3.07. The molecule has 2 aromatic rings. The summed E-state index contributed by atoms with van der Waals surface area (Å²) < 4.78 is 37.9. The number of hydrogen-bond donors (Lipinski definition) is 2. The molecule has 2 N–H and O–H groups in total. The van der Waals surface area contributed by atoms with Crippen LogP contribution in [0.4, 0.5) is 18.9 Å². The Morgan fingerprint density at radius 1 is 1.35 bits per heavy atom. The number of nitrogens with zero attached hydrogens (tertiary/aromatic N) is 1. The zero-order valence-electron chi connectivity index (χ0n) is 12.0. The lowest BCUT2D eigenvalue weighted by Crippen LogP contribution is -2.21. The molecule has 1 aromatic carbocycles. The number of halogens is 3. The number of hydrogen-bond acceptors (Lipinski definition) is 3. The van der Waals surface area contributed by atoms with Gasteiger partial charge in [0.15, 0.2) is 0 Å². The van der Waals surface area contributed by atoms with Gasteiger partial charge in [-0.05, 0) is 37.0 Å². The van der Waals surface area contributed by atoms with Gasteiger partial charge in [-0.15, -0.1) is 0 Å². The topological polar surface area (TPSA) is 74.8 Å². The van der Waals surface area contributed by atoms with Crippen molar-refractivity contribution in [3.63, 3.8) is 0 Å². The number of fused-ring (bicyclic) bond motifs is 1. The summed E-state index contributed by atoms with van der Waals surface area (Å²) in [7, 11) is 0. The van der Waals surface area contributed by atoms with Crippen molar-refractivity contribution in [1.82, 2.24) is 9.97 Å². The van der Waals surface area contributed by atoms with Crippen molar-refractivity contribution in [2.24, 2.45) is 5.92 Å². The molecule has 1 heterocycles. The molecule has 0 bridgehead atoms. The van der Waals surface area contributed by atoms with Gasteiger partial charge >= 0.3 is 6.18 Å². The second-order valence-electron chi connectivity index (χ2n) is 5.69. The predicted molar refractivity (Wildman–Crippen MR) is 78.0 cm³/mol. The third-order valence-electron chi connectivity index (χ3n) is 3.96. The highest BCUT2D eigenvalue weighted by atomic mass is 19.4. The Bertz CT molecular complexity index is 810. The number of amides is 1. The summed E-state index contributed by atoms with van der Waals surface area (Å²) in [5.74, 6) is -1.10. The van der Waals surface area contributed by atoms with E-state index in [0.717, 1.165) is 19.3 Å². The van der Waals surface area contributed by atoms with Gasteiger partial charge in [0.25, 0.3) is 5.56 Å². The van der Waals surface area contributed by atoms with Gasteiger partial charge in [0, 0.05) is 12.1 Å². The fraction of sp³-hybridized carbons (Fsp3) is 0.400. The summed E-state index contributed by atoms with van der Waals surface area (Å²) >= 11 is 0. The zero-order valence-corrected chi connectivity index (χ0v) is 12.0. The molecule has 0 radical (unpaired) electrons. The highest BCUT2D eigenvalue weighted by molar-refractivity contribution is 5.93. The summed E-state index contributed by atoms with van der Waals surface area (Å²) in [5.41, 5.74) is -0.593. The second-order valence-corrected chi connectivity index (χ2v) is 5.69. The van der Waals surface area contributed by atoms with Crippen LogP contribution < -0.4 is 10.9 Å². The Morgan fingerprint density at radius 3 is 2.70 bits per heavy atom. The molecule has 122 valence electrons. The first-order valence-electron chi connectivity index (χ1n) is 7.24. The number of carbonyl (C=O) groups excluding carboxylic acids is 1. The summed E-state index contributed by atoms with van der Waals surface area (Å²) in [5, 5.41) is 2.66. The number of benzene rings is 1. The van der Waals surface area contributed by atoms with Gasteiger partial charge in [0.2, 0.25) is 11.7 Å². The molecule has 0 aliphatic heterocycles. The van der Waals surface area contributed by atoms with E-state index in [-0.39, 0.29) is 16.8 Å². The normalized spacial score (nSPS) is 15.4. The van der Waals surface area contributed by atoms with Crippen molar-refractivity contribution in [3.05, 3.63) is 34.4 Å². The van der Waals surface area contributed by atoms with Crippen molar-refractivity contribution in [2.45, 2.75) is 31.9 Å². The molecule has 1 aromatic heterocycles. The number of alkyl halides is 3. The third-order valence-corrected chi connectivity index (χ3v) is 3.96. The highest BCUT2D eigenvalue weighted by Crippen LogP contribution is 2.30. The van der Waals surface area contributed by atoms with E-state index >= 15 is 0 Å². The van der Waals surface area contributed by atoms with E-state index in [1.54, 1.807) is 4.98 Å². The molecule has 1 saturated carbocycles. The van der Waals surface area contributed by atoms with Gasteiger partial charge in [-0.3, -0.25) is 9.59 Å². The molecular formula is C15H14F3N3O2. The van der Waals surface area contributed by atoms with Crippen LogP contribution in [-0.4, -0.2) is 15.9 Å². The van der Waals surface area contributed by atoms with Crippen molar-refractivity contribution in [3.8, 4) is 0 Å². The van der Waals surface area contributed by atoms with E-state index in [1.165, 1.54) is 18.2 Å². The Balaban J connectivity index is 1.85. The smallest absolute Gasteiger partial charge is 0.326 e. The molecule has 0 saturated heterocycles. The van der Waals surface area contributed by atoms with Crippen LogP contribution in [0.2, 0.25) is 0 Å². The maximum absolute atomic E-state index is 12.6. The van der Waals surface area contributed by atoms with E-state index in [2.05, 4.69) is 10.3 Å². The largest absolute Gasteiger partial charge is 0.449 e. The minimum absolute atomic E-state index is 0.000515. The maximum Gasteiger partial charge on any atom is 0.449 e. The van der Waals surface area contributed by atoms with Crippen LogP contribution in [0, 0.1) is 5.92 Å². The Kier molecular flexibility index (Phi) is 3.83. The first kappa shape index (κ1) is 15.5. The van der Waals surface area contributed by atoms with Crippen LogP contribution >= 0.6 is 0 Å². The van der Waals surface area contributed by atoms with Crippen molar-refractivity contribution in [2.75, 3.05) is 5.32 Å². The molecule has 5 nitrogen and oxygen atoms in total. The third kappa shape index (κ3) is 3.35. The van der Waals surface area contributed by atoms with Gasteiger partial charge in [-0.2, -0.15) is 13.2 Å². The summed E-state index contributed by atoms with van der Waals surface area (Å²) in [6.07, 6.45) is -1.09. The molecule has 8 heteroatoms. The molecular weight excluding hydrogens is 311 g/mol. The van der Waals surface area contributed by atoms with Crippen LogP contribution in [0.25, 0.3) is 10.9 Å². The van der Waals surface area contributed by atoms with Gasteiger partial charge in [-0.1, -0.05) is 6.42 Å². The quantitative estimate of drug-likeness (QED) is 0.911. The van der Waals surface area contributed by atoms with Gasteiger partial charge in [-0.25, -0.2) is 4.98 Å². The lowest BCUT2D eigenvalue weighted by molar-refractivity contribution is -0.144. The molecule has 23 heavy (non-hydrogen) atoms. The van der Waals surface area contributed by atoms with E-state index < -0.39 is 17.6 Å². The summed E-state index contributed by atoms with van der Waals surface area (Å²) in [4.78, 5) is 28.8. The minimum atomic E-state index is -4.72. The standard InChI is InChI=1S/C15H14F3N3O2/c16-15(17,18)14-20-11-5-4-9(7-10(11)13(23)21-14)19-12(22)6-8-2-1-3-8/h4-5,7-8H,1-3,6H2,(H,19,22)(H,20,21,23). The van der Waals surface area contributed by atoms with Crippen LogP contribution in [0.5, 0.6) is 0 Å². The zero-order chi connectivity index (χ0) is 16.6. The average Bonchev–Trinajstić information content (AvgIpc) is 2.42. The molecule has 3 rings (SSSR count).